The maximum atomic E-state index is 11.6. The Bertz CT molecular complexity index is 409. The molecule has 0 radical (unpaired) electrons. The van der Waals surface area contributed by atoms with Crippen LogP contribution in [0.15, 0.2) is 30.3 Å². The van der Waals surface area contributed by atoms with Gasteiger partial charge in [0.2, 0.25) is 5.91 Å². The van der Waals surface area contributed by atoms with Gasteiger partial charge in [-0.05, 0) is 12.1 Å². The summed E-state index contributed by atoms with van der Waals surface area (Å²) < 4.78 is 0. The molecule has 0 heterocycles. The number of hydrogen-bond donors (Lipinski definition) is 0. The first-order valence-corrected chi connectivity index (χ1v) is 6.02. The maximum Gasteiger partial charge on any atom is 0.223 e. The van der Waals surface area contributed by atoms with Crippen LogP contribution < -0.4 is 4.90 Å². The first kappa shape index (κ1) is 14.0. The van der Waals surface area contributed by atoms with Gasteiger partial charge in [-0.15, -0.1) is 0 Å². The van der Waals surface area contributed by atoms with Crippen LogP contribution in [0.1, 0.15) is 12.8 Å². The largest absolute Gasteiger partial charge is 0.370 e. The zero-order valence-corrected chi connectivity index (χ0v) is 11.0. The van der Waals surface area contributed by atoms with Crippen molar-refractivity contribution in [3.8, 4) is 6.07 Å². The van der Waals surface area contributed by atoms with Gasteiger partial charge in [0.1, 0.15) is 0 Å². The molecule has 0 saturated heterocycles. The zero-order valence-electron chi connectivity index (χ0n) is 11.0. The Morgan fingerprint density at radius 1 is 1.22 bits per heavy atom. The smallest absolute Gasteiger partial charge is 0.223 e. The van der Waals surface area contributed by atoms with Crippen molar-refractivity contribution in [3.63, 3.8) is 0 Å². The van der Waals surface area contributed by atoms with Crippen LogP contribution in [-0.2, 0) is 4.79 Å². The predicted molar refractivity (Wildman–Crippen MR) is 72.2 cm³/mol. The molecule has 0 fully saturated rings. The predicted octanol–water partition coefficient (Wildman–Crippen LogP) is 1.88. The Morgan fingerprint density at radius 2 is 1.89 bits per heavy atom. The van der Waals surface area contributed by atoms with Crippen molar-refractivity contribution >= 4 is 11.6 Å². The van der Waals surface area contributed by atoms with E-state index < -0.39 is 0 Å². The number of para-hydroxylation sites is 1. The third kappa shape index (κ3) is 4.46. The number of anilines is 1. The summed E-state index contributed by atoms with van der Waals surface area (Å²) in [5.74, 6) is 0.105. The van der Waals surface area contributed by atoms with Crippen LogP contribution >= 0.6 is 0 Å². The molecule has 1 rings (SSSR count). The van der Waals surface area contributed by atoms with Gasteiger partial charge in [-0.3, -0.25) is 4.79 Å². The topological polar surface area (TPSA) is 47.3 Å². The van der Waals surface area contributed by atoms with Crippen LogP contribution in [0.5, 0.6) is 0 Å². The van der Waals surface area contributed by atoms with E-state index in [4.69, 9.17) is 5.26 Å². The molecule has 0 aliphatic rings. The highest BCUT2D eigenvalue weighted by Gasteiger charge is 2.09. The third-order valence-electron chi connectivity index (χ3n) is 2.71. The summed E-state index contributed by atoms with van der Waals surface area (Å²) in [5, 5.41) is 8.68. The van der Waals surface area contributed by atoms with E-state index in [0.717, 1.165) is 5.69 Å². The summed E-state index contributed by atoms with van der Waals surface area (Å²) in [5.41, 5.74) is 1.05. The molecule has 0 unspecified atom stereocenters. The van der Waals surface area contributed by atoms with Crippen molar-refractivity contribution in [2.45, 2.75) is 12.8 Å². The van der Waals surface area contributed by atoms with Gasteiger partial charge in [0.05, 0.1) is 12.5 Å². The molecule has 0 bridgehead atoms. The van der Waals surface area contributed by atoms with Gasteiger partial charge >= 0.3 is 0 Å². The highest BCUT2D eigenvalue weighted by Crippen LogP contribution is 2.14. The van der Waals surface area contributed by atoms with E-state index in [1.165, 1.54) is 0 Å². The summed E-state index contributed by atoms with van der Waals surface area (Å²) in [6.45, 7) is 1.30. The first-order valence-electron chi connectivity index (χ1n) is 6.02. The average molecular weight is 245 g/mol. The molecular formula is C14H19N3O. The Morgan fingerprint density at radius 3 is 2.44 bits per heavy atom. The van der Waals surface area contributed by atoms with Gasteiger partial charge in [0.15, 0.2) is 0 Å². The van der Waals surface area contributed by atoms with Crippen molar-refractivity contribution in [2.24, 2.45) is 0 Å². The van der Waals surface area contributed by atoms with Crippen molar-refractivity contribution < 1.29 is 4.79 Å². The molecule has 1 aromatic carbocycles. The fraction of sp³-hybridized carbons (Fsp3) is 0.429. The lowest BCUT2D eigenvalue weighted by Crippen LogP contribution is -2.31. The van der Waals surface area contributed by atoms with E-state index in [0.29, 0.717) is 25.9 Å². The Labute approximate surface area is 108 Å². The fourth-order valence-corrected chi connectivity index (χ4v) is 1.65. The van der Waals surface area contributed by atoms with Crippen molar-refractivity contribution in [1.29, 1.82) is 5.26 Å². The van der Waals surface area contributed by atoms with Gasteiger partial charge < -0.3 is 9.80 Å². The Kier molecular flexibility index (Phi) is 5.72. The monoisotopic (exact) mass is 245 g/mol. The molecule has 0 aliphatic carbocycles. The van der Waals surface area contributed by atoms with E-state index >= 15 is 0 Å². The molecule has 4 nitrogen and oxygen atoms in total. The van der Waals surface area contributed by atoms with Gasteiger partial charge in [-0.1, -0.05) is 18.2 Å². The number of hydrogen-bond acceptors (Lipinski definition) is 3. The van der Waals surface area contributed by atoms with E-state index in [1.54, 1.807) is 19.0 Å². The number of nitrogens with zero attached hydrogens (tertiary/aromatic N) is 3. The molecule has 4 heteroatoms. The molecule has 0 spiro atoms. The molecule has 0 aromatic heterocycles. The average Bonchev–Trinajstić information content (AvgIpc) is 2.39. The summed E-state index contributed by atoms with van der Waals surface area (Å²) >= 11 is 0. The van der Waals surface area contributed by atoms with Gasteiger partial charge in [0, 0.05) is 39.3 Å². The summed E-state index contributed by atoms with van der Waals surface area (Å²) in [6, 6.07) is 12.0. The molecular weight excluding hydrogens is 226 g/mol. The van der Waals surface area contributed by atoms with Gasteiger partial charge in [0.25, 0.3) is 0 Å². The molecule has 96 valence electrons. The van der Waals surface area contributed by atoms with Crippen LogP contribution in [0, 0.1) is 11.3 Å². The number of amides is 1. The molecule has 1 amide bonds. The van der Waals surface area contributed by atoms with Crippen LogP contribution in [0.25, 0.3) is 0 Å². The van der Waals surface area contributed by atoms with E-state index in [2.05, 4.69) is 11.0 Å². The number of carbonyl (C=O) groups excluding carboxylic acids is 1. The zero-order chi connectivity index (χ0) is 13.4. The van der Waals surface area contributed by atoms with Gasteiger partial charge in [-0.25, -0.2) is 0 Å². The maximum absolute atomic E-state index is 11.6. The standard InChI is InChI=1S/C14H19N3O/c1-16(2)14(18)9-12-17(11-6-10-15)13-7-4-3-5-8-13/h3-5,7-8H,6,9,11-12H2,1-2H3. The van der Waals surface area contributed by atoms with E-state index in [9.17, 15) is 4.79 Å². The fourth-order valence-electron chi connectivity index (χ4n) is 1.65. The molecule has 0 N–H and O–H groups in total. The minimum atomic E-state index is 0.105. The normalized spacial score (nSPS) is 9.61. The number of carbonyl (C=O) groups is 1. The summed E-state index contributed by atoms with van der Waals surface area (Å²) in [7, 11) is 3.51. The highest BCUT2D eigenvalue weighted by atomic mass is 16.2. The van der Waals surface area contributed by atoms with E-state index in [-0.39, 0.29) is 5.91 Å². The quantitative estimate of drug-likeness (QED) is 0.769. The molecule has 0 atom stereocenters. The van der Waals surface area contributed by atoms with E-state index in [1.807, 2.05) is 30.3 Å². The highest BCUT2D eigenvalue weighted by molar-refractivity contribution is 5.76. The van der Waals surface area contributed by atoms with Crippen molar-refractivity contribution in [3.05, 3.63) is 30.3 Å². The Balaban J connectivity index is 2.62. The number of rotatable bonds is 6. The molecule has 0 aliphatic heterocycles. The lowest BCUT2D eigenvalue weighted by molar-refractivity contribution is -0.128. The minimum absolute atomic E-state index is 0.105. The second-order valence-corrected chi connectivity index (χ2v) is 4.27. The summed E-state index contributed by atoms with van der Waals surface area (Å²) in [6.07, 6.45) is 0.929. The van der Waals surface area contributed by atoms with Crippen LogP contribution in [0.2, 0.25) is 0 Å². The minimum Gasteiger partial charge on any atom is -0.370 e. The first-order chi connectivity index (χ1) is 8.65. The third-order valence-corrected chi connectivity index (χ3v) is 2.71. The Hall–Kier alpha value is -2.02. The lowest BCUT2D eigenvalue weighted by atomic mass is 10.2. The lowest BCUT2D eigenvalue weighted by Gasteiger charge is -2.24. The SMILES string of the molecule is CN(C)C(=O)CCN(CCC#N)c1ccccc1. The van der Waals surface area contributed by atoms with Crippen LogP contribution in [0.4, 0.5) is 5.69 Å². The van der Waals surface area contributed by atoms with Crippen molar-refractivity contribution in [1.82, 2.24) is 4.90 Å². The summed E-state index contributed by atoms with van der Waals surface area (Å²) in [4.78, 5) is 15.3. The van der Waals surface area contributed by atoms with Crippen LogP contribution in [0.3, 0.4) is 0 Å². The second-order valence-electron chi connectivity index (χ2n) is 4.27. The van der Waals surface area contributed by atoms with Gasteiger partial charge in [-0.2, -0.15) is 5.26 Å². The van der Waals surface area contributed by atoms with Crippen molar-refractivity contribution in [2.75, 3.05) is 32.1 Å². The van der Waals surface area contributed by atoms with Crippen LogP contribution in [-0.4, -0.2) is 38.0 Å². The molecule has 0 saturated carbocycles. The molecule has 1 aromatic rings. The number of benzene rings is 1. The number of nitriles is 1. The second kappa shape index (κ2) is 7.33. The molecule has 18 heavy (non-hydrogen) atoms.